The van der Waals surface area contributed by atoms with Gasteiger partial charge in [-0.25, -0.2) is 4.79 Å². The monoisotopic (exact) mass is 374 g/mol. The molecule has 0 bridgehead atoms. The van der Waals surface area contributed by atoms with Gasteiger partial charge in [-0.2, -0.15) is 0 Å². The summed E-state index contributed by atoms with van der Waals surface area (Å²) in [6, 6.07) is 16.7. The van der Waals surface area contributed by atoms with Crippen LogP contribution in [-0.4, -0.2) is 31.1 Å². The predicted molar refractivity (Wildman–Crippen MR) is 113 cm³/mol. The van der Waals surface area contributed by atoms with E-state index in [-0.39, 0.29) is 5.63 Å². The second-order valence-corrected chi connectivity index (χ2v) is 8.01. The molecule has 2 heterocycles. The average Bonchev–Trinajstić information content (AvgIpc) is 2.73. The fourth-order valence-electron chi connectivity index (χ4n) is 4.63. The summed E-state index contributed by atoms with van der Waals surface area (Å²) in [6.07, 6.45) is 4.72. The van der Waals surface area contributed by atoms with Crippen LogP contribution in [-0.2, 0) is 19.4 Å². The molecule has 2 aromatic carbocycles. The first-order chi connectivity index (χ1) is 13.8. The Morgan fingerprint density at radius 1 is 0.857 bits per heavy atom. The summed E-state index contributed by atoms with van der Waals surface area (Å²) in [5, 5.41) is 1.12. The van der Waals surface area contributed by atoms with Gasteiger partial charge in [0.2, 0.25) is 0 Å². The lowest BCUT2D eigenvalue weighted by Crippen LogP contribution is -2.46. The van der Waals surface area contributed by atoms with Gasteiger partial charge in [-0.1, -0.05) is 18.2 Å². The van der Waals surface area contributed by atoms with Crippen molar-refractivity contribution < 1.29 is 4.42 Å². The minimum Gasteiger partial charge on any atom is -0.423 e. The van der Waals surface area contributed by atoms with Crippen LogP contribution in [0.1, 0.15) is 29.5 Å². The third-order valence-electron chi connectivity index (χ3n) is 6.18. The van der Waals surface area contributed by atoms with Crippen molar-refractivity contribution in [2.75, 3.05) is 31.1 Å². The van der Waals surface area contributed by atoms with Crippen molar-refractivity contribution in [1.82, 2.24) is 4.90 Å². The van der Waals surface area contributed by atoms with E-state index in [4.69, 9.17) is 4.42 Å². The van der Waals surface area contributed by atoms with Crippen molar-refractivity contribution >= 4 is 16.7 Å². The van der Waals surface area contributed by atoms with Crippen LogP contribution < -0.4 is 10.5 Å². The Morgan fingerprint density at radius 2 is 1.57 bits per heavy atom. The Labute approximate surface area is 165 Å². The molecule has 0 amide bonds. The highest BCUT2D eigenvalue weighted by molar-refractivity contribution is 5.82. The average molecular weight is 374 g/mol. The Hall–Kier alpha value is -2.59. The summed E-state index contributed by atoms with van der Waals surface area (Å²) in [4.78, 5) is 17.0. The van der Waals surface area contributed by atoms with E-state index < -0.39 is 0 Å². The second kappa shape index (κ2) is 7.44. The highest BCUT2D eigenvalue weighted by Crippen LogP contribution is 2.28. The molecule has 144 valence electrons. The maximum Gasteiger partial charge on any atom is 0.336 e. The van der Waals surface area contributed by atoms with Gasteiger partial charge in [0.05, 0.1) is 0 Å². The molecule has 0 radical (unpaired) electrons. The number of fused-ring (bicyclic) bond motifs is 2. The van der Waals surface area contributed by atoms with E-state index in [0.717, 1.165) is 62.1 Å². The molecule has 0 saturated carbocycles. The van der Waals surface area contributed by atoms with Gasteiger partial charge >= 0.3 is 5.63 Å². The van der Waals surface area contributed by atoms with E-state index in [9.17, 15) is 4.79 Å². The second-order valence-electron chi connectivity index (χ2n) is 8.01. The minimum atomic E-state index is -0.235. The van der Waals surface area contributed by atoms with E-state index in [1.165, 1.54) is 29.7 Å². The third kappa shape index (κ3) is 3.45. The lowest BCUT2D eigenvalue weighted by Gasteiger charge is -2.36. The van der Waals surface area contributed by atoms with E-state index >= 15 is 0 Å². The molecule has 0 unspecified atom stereocenters. The fraction of sp³-hybridized carbons (Fsp3) is 0.375. The number of piperazine rings is 1. The van der Waals surface area contributed by atoms with E-state index in [1.54, 1.807) is 6.07 Å². The number of hydrogen-bond donors (Lipinski definition) is 0. The lowest BCUT2D eigenvalue weighted by atomic mass is 9.90. The lowest BCUT2D eigenvalue weighted by molar-refractivity contribution is 0.250. The summed E-state index contributed by atoms with van der Waals surface area (Å²) in [7, 11) is 0. The number of aryl methyl sites for hydroxylation is 2. The molecule has 0 spiro atoms. The molecule has 1 aromatic heterocycles. The van der Waals surface area contributed by atoms with E-state index in [2.05, 4.69) is 52.3 Å². The Bertz CT molecular complexity index is 1030. The van der Waals surface area contributed by atoms with Crippen LogP contribution in [0.5, 0.6) is 0 Å². The number of rotatable bonds is 3. The SMILES string of the molecule is O=c1cc(CN2CCN(c3ccccc3)CC2)c2cc3c(cc2o1)CCCC3. The van der Waals surface area contributed by atoms with Gasteiger partial charge in [0, 0.05) is 49.9 Å². The number of benzene rings is 2. The van der Waals surface area contributed by atoms with Crippen LogP contribution in [0.2, 0.25) is 0 Å². The van der Waals surface area contributed by atoms with Crippen LogP contribution in [0.3, 0.4) is 0 Å². The van der Waals surface area contributed by atoms with Gasteiger partial charge in [0.1, 0.15) is 5.58 Å². The zero-order valence-corrected chi connectivity index (χ0v) is 16.2. The standard InChI is InChI=1S/C24H26N2O2/c27-24-16-20(22-14-18-6-4-5-7-19(18)15-23(22)28-24)17-25-10-12-26(13-11-25)21-8-2-1-3-9-21/h1-3,8-9,14-16H,4-7,10-13,17H2. The van der Waals surface area contributed by atoms with Crippen molar-refractivity contribution in [3.63, 3.8) is 0 Å². The summed E-state index contributed by atoms with van der Waals surface area (Å²) < 4.78 is 5.55. The van der Waals surface area contributed by atoms with Crippen molar-refractivity contribution in [3.8, 4) is 0 Å². The first-order valence-electron chi connectivity index (χ1n) is 10.4. The van der Waals surface area contributed by atoms with Crippen LogP contribution in [0.4, 0.5) is 5.69 Å². The van der Waals surface area contributed by atoms with Crippen LogP contribution in [0.15, 0.2) is 57.7 Å². The van der Waals surface area contributed by atoms with Crippen LogP contribution in [0.25, 0.3) is 11.0 Å². The Kier molecular flexibility index (Phi) is 4.65. The van der Waals surface area contributed by atoms with Gasteiger partial charge in [-0.3, -0.25) is 4.90 Å². The first-order valence-corrected chi connectivity index (χ1v) is 10.4. The molecule has 2 aliphatic rings. The van der Waals surface area contributed by atoms with Gasteiger partial charge in [0.15, 0.2) is 0 Å². The molecule has 1 aliphatic carbocycles. The number of anilines is 1. The first kappa shape index (κ1) is 17.5. The van der Waals surface area contributed by atoms with Crippen molar-refractivity contribution in [1.29, 1.82) is 0 Å². The Morgan fingerprint density at radius 3 is 2.32 bits per heavy atom. The van der Waals surface area contributed by atoms with Gasteiger partial charge in [-0.15, -0.1) is 0 Å². The number of nitrogens with zero attached hydrogens (tertiary/aromatic N) is 2. The minimum absolute atomic E-state index is 0.235. The summed E-state index contributed by atoms with van der Waals surface area (Å²) in [5.74, 6) is 0. The molecule has 28 heavy (non-hydrogen) atoms. The molecule has 0 N–H and O–H groups in total. The highest BCUT2D eigenvalue weighted by Gasteiger charge is 2.19. The van der Waals surface area contributed by atoms with E-state index in [0.29, 0.717) is 0 Å². The predicted octanol–water partition coefficient (Wildman–Crippen LogP) is 3.99. The quantitative estimate of drug-likeness (QED) is 0.650. The molecular formula is C24H26N2O2. The molecule has 3 aromatic rings. The van der Waals surface area contributed by atoms with E-state index in [1.807, 2.05) is 0 Å². The maximum atomic E-state index is 12.2. The van der Waals surface area contributed by atoms with Crippen LogP contribution in [0, 0.1) is 0 Å². The zero-order valence-electron chi connectivity index (χ0n) is 16.2. The normalized spacial score (nSPS) is 17.6. The molecule has 0 atom stereocenters. The van der Waals surface area contributed by atoms with Crippen molar-refractivity contribution in [3.05, 3.63) is 75.6 Å². The topological polar surface area (TPSA) is 36.7 Å². The summed E-state index contributed by atoms with van der Waals surface area (Å²) in [6.45, 7) is 4.84. The number of para-hydroxylation sites is 1. The smallest absolute Gasteiger partial charge is 0.336 e. The molecule has 5 rings (SSSR count). The van der Waals surface area contributed by atoms with Gasteiger partial charge in [-0.05, 0) is 66.6 Å². The molecule has 1 fully saturated rings. The highest BCUT2D eigenvalue weighted by atomic mass is 16.4. The number of hydrogen-bond acceptors (Lipinski definition) is 4. The van der Waals surface area contributed by atoms with Crippen LogP contribution >= 0.6 is 0 Å². The van der Waals surface area contributed by atoms with Crippen molar-refractivity contribution in [2.24, 2.45) is 0 Å². The van der Waals surface area contributed by atoms with Gasteiger partial charge < -0.3 is 9.32 Å². The zero-order chi connectivity index (χ0) is 18.9. The molecule has 1 aliphatic heterocycles. The third-order valence-corrected chi connectivity index (χ3v) is 6.18. The van der Waals surface area contributed by atoms with Crippen molar-refractivity contribution in [2.45, 2.75) is 32.2 Å². The summed E-state index contributed by atoms with van der Waals surface area (Å²) >= 11 is 0. The molecule has 4 nitrogen and oxygen atoms in total. The largest absolute Gasteiger partial charge is 0.423 e. The Balaban J connectivity index is 1.37. The maximum absolute atomic E-state index is 12.2. The fourth-order valence-corrected chi connectivity index (χ4v) is 4.63. The summed E-state index contributed by atoms with van der Waals surface area (Å²) in [5.41, 5.74) is 5.71. The molecule has 4 heteroatoms. The molecule has 1 saturated heterocycles. The van der Waals surface area contributed by atoms with Gasteiger partial charge in [0.25, 0.3) is 0 Å². The molecular weight excluding hydrogens is 348 g/mol.